The van der Waals surface area contributed by atoms with Gasteiger partial charge in [0.15, 0.2) is 0 Å². The first-order chi connectivity index (χ1) is 7.01. The minimum atomic E-state index is -1.24. The number of amides is 1. The number of carbonyl (C=O) groups excluding carboxylic acids is 1. The van der Waals surface area contributed by atoms with Crippen LogP contribution >= 0.6 is 0 Å². The third-order valence-corrected chi connectivity index (χ3v) is 2.04. The van der Waals surface area contributed by atoms with Crippen molar-refractivity contribution in [3.05, 3.63) is 0 Å². The Morgan fingerprint density at radius 2 is 2.00 bits per heavy atom. The van der Waals surface area contributed by atoms with E-state index in [4.69, 9.17) is 10.2 Å². The summed E-state index contributed by atoms with van der Waals surface area (Å²) in [5.74, 6) is -1.67. The Balaban J connectivity index is 3.86. The maximum atomic E-state index is 11.2. The van der Waals surface area contributed by atoms with Crippen molar-refractivity contribution in [3.8, 4) is 0 Å². The van der Waals surface area contributed by atoms with Crippen molar-refractivity contribution in [3.63, 3.8) is 0 Å². The number of rotatable bonds is 7. The van der Waals surface area contributed by atoms with E-state index >= 15 is 0 Å². The number of aliphatic hydroxyl groups excluding tert-OH is 1. The van der Waals surface area contributed by atoms with Crippen molar-refractivity contribution in [1.82, 2.24) is 10.6 Å². The van der Waals surface area contributed by atoms with Gasteiger partial charge >= 0.3 is 5.97 Å². The van der Waals surface area contributed by atoms with Crippen molar-refractivity contribution >= 4 is 11.9 Å². The van der Waals surface area contributed by atoms with E-state index in [0.717, 1.165) is 6.42 Å². The van der Waals surface area contributed by atoms with Crippen LogP contribution in [0, 0.1) is 0 Å². The molecule has 0 aliphatic rings. The molecular formula is C9H18N2O4. The highest BCUT2D eigenvalue weighted by molar-refractivity contribution is 5.84. The van der Waals surface area contributed by atoms with Crippen molar-refractivity contribution in [2.45, 2.75) is 32.4 Å². The van der Waals surface area contributed by atoms with Gasteiger partial charge in [-0.05, 0) is 13.3 Å². The van der Waals surface area contributed by atoms with Crippen LogP contribution in [0.15, 0.2) is 0 Å². The van der Waals surface area contributed by atoms with E-state index in [1.165, 1.54) is 0 Å². The lowest BCUT2D eigenvalue weighted by Gasteiger charge is -2.14. The van der Waals surface area contributed by atoms with Gasteiger partial charge < -0.3 is 20.8 Å². The molecule has 4 N–H and O–H groups in total. The second kappa shape index (κ2) is 7.19. The monoisotopic (exact) mass is 218 g/mol. The number of carbonyl (C=O) groups is 2. The number of hydrogen-bond donors (Lipinski definition) is 4. The second-order valence-electron chi connectivity index (χ2n) is 3.33. The van der Waals surface area contributed by atoms with Crippen LogP contribution in [0.3, 0.4) is 0 Å². The summed E-state index contributed by atoms with van der Waals surface area (Å²) in [4.78, 5) is 21.7. The molecule has 0 heterocycles. The van der Waals surface area contributed by atoms with Gasteiger partial charge in [0.1, 0.15) is 6.04 Å². The summed E-state index contributed by atoms with van der Waals surface area (Å²) in [5.41, 5.74) is 0. The summed E-state index contributed by atoms with van der Waals surface area (Å²) in [6.45, 7) is 3.35. The SMILES string of the molecule is CCC(C)NCC(=O)NC(CO)C(=O)O. The van der Waals surface area contributed by atoms with Crippen molar-refractivity contribution in [1.29, 1.82) is 0 Å². The fourth-order valence-electron chi connectivity index (χ4n) is 0.842. The van der Waals surface area contributed by atoms with E-state index in [0.29, 0.717) is 0 Å². The van der Waals surface area contributed by atoms with E-state index in [1.807, 2.05) is 13.8 Å². The number of carboxylic acids is 1. The van der Waals surface area contributed by atoms with Gasteiger partial charge in [0.2, 0.25) is 5.91 Å². The summed E-state index contributed by atoms with van der Waals surface area (Å²) in [7, 11) is 0. The van der Waals surface area contributed by atoms with E-state index < -0.39 is 24.5 Å². The Morgan fingerprint density at radius 1 is 1.40 bits per heavy atom. The summed E-state index contributed by atoms with van der Waals surface area (Å²) in [6.07, 6.45) is 0.885. The van der Waals surface area contributed by atoms with Gasteiger partial charge in [-0.25, -0.2) is 4.79 Å². The summed E-state index contributed by atoms with van der Waals surface area (Å²) in [6, 6.07) is -1.02. The zero-order valence-corrected chi connectivity index (χ0v) is 8.99. The number of hydrogen-bond acceptors (Lipinski definition) is 4. The molecule has 6 nitrogen and oxygen atoms in total. The molecule has 0 aliphatic carbocycles. The van der Waals surface area contributed by atoms with E-state index in [9.17, 15) is 9.59 Å². The molecule has 0 spiro atoms. The molecule has 0 aromatic heterocycles. The molecule has 2 unspecified atom stereocenters. The van der Waals surface area contributed by atoms with Crippen LogP contribution in [0.25, 0.3) is 0 Å². The van der Waals surface area contributed by atoms with Crippen LogP contribution in [0.4, 0.5) is 0 Å². The highest BCUT2D eigenvalue weighted by atomic mass is 16.4. The topological polar surface area (TPSA) is 98.7 Å². The van der Waals surface area contributed by atoms with Crippen LogP contribution in [-0.2, 0) is 9.59 Å². The highest BCUT2D eigenvalue weighted by Crippen LogP contribution is 1.87. The first kappa shape index (κ1) is 13.9. The quantitative estimate of drug-likeness (QED) is 0.436. The minimum absolute atomic E-state index is 0.0544. The van der Waals surface area contributed by atoms with Crippen molar-refractivity contribution < 1.29 is 19.8 Å². The molecule has 15 heavy (non-hydrogen) atoms. The Bertz CT molecular complexity index is 220. The Labute approximate surface area is 88.7 Å². The first-order valence-electron chi connectivity index (χ1n) is 4.87. The molecule has 0 radical (unpaired) electrons. The summed E-state index contributed by atoms with van der Waals surface area (Å²) < 4.78 is 0. The largest absolute Gasteiger partial charge is 0.480 e. The molecule has 0 bridgehead atoms. The normalized spacial score (nSPS) is 14.3. The molecule has 88 valence electrons. The van der Waals surface area contributed by atoms with Gasteiger partial charge in [-0.15, -0.1) is 0 Å². The Hall–Kier alpha value is -1.14. The van der Waals surface area contributed by atoms with E-state index in [2.05, 4.69) is 10.6 Å². The van der Waals surface area contributed by atoms with Gasteiger partial charge in [-0.1, -0.05) is 6.92 Å². The number of nitrogens with one attached hydrogen (secondary N) is 2. The smallest absolute Gasteiger partial charge is 0.328 e. The predicted molar refractivity (Wildman–Crippen MR) is 54.4 cm³/mol. The minimum Gasteiger partial charge on any atom is -0.480 e. The molecule has 0 aromatic rings. The van der Waals surface area contributed by atoms with Gasteiger partial charge in [0.25, 0.3) is 0 Å². The van der Waals surface area contributed by atoms with Gasteiger partial charge in [-0.3, -0.25) is 4.79 Å². The van der Waals surface area contributed by atoms with Crippen molar-refractivity contribution in [2.75, 3.05) is 13.2 Å². The Morgan fingerprint density at radius 3 is 2.40 bits per heavy atom. The third-order valence-electron chi connectivity index (χ3n) is 2.04. The van der Waals surface area contributed by atoms with E-state index in [-0.39, 0.29) is 12.6 Å². The average Bonchev–Trinajstić information content (AvgIpc) is 2.21. The van der Waals surface area contributed by atoms with Gasteiger partial charge in [0.05, 0.1) is 13.2 Å². The van der Waals surface area contributed by atoms with Crippen molar-refractivity contribution in [2.24, 2.45) is 0 Å². The lowest BCUT2D eigenvalue weighted by atomic mass is 10.2. The van der Waals surface area contributed by atoms with Gasteiger partial charge in [0, 0.05) is 6.04 Å². The summed E-state index contributed by atoms with van der Waals surface area (Å²) >= 11 is 0. The molecular weight excluding hydrogens is 200 g/mol. The molecule has 0 saturated carbocycles. The molecule has 1 amide bonds. The van der Waals surface area contributed by atoms with Crippen LogP contribution in [0.1, 0.15) is 20.3 Å². The number of carboxylic acid groups (broad SMARTS) is 1. The first-order valence-corrected chi connectivity index (χ1v) is 4.87. The lowest BCUT2D eigenvalue weighted by molar-refractivity contribution is -0.142. The molecule has 0 aliphatic heterocycles. The lowest BCUT2D eigenvalue weighted by Crippen LogP contribution is -2.47. The van der Waals surface area contributed by atoms with Crippen LogP contribution in [0.5, 0.6) is 0 Å². The molecule has 0 fully saturated rings. The Kier molecular flexibility index (Phi) is 6.64. The third kappa shape index (κ3) is 6.03. The second-order valence-corrected chi connectivity index (χ2v) is 3.33. The number of aliphatic hydroxyl groups is 1. The van der Waals surface area contributed by atoms with Gasteiger partial charge in [-0.2, -0.15) is 0 Å². The van der Waals surface area contributed by atoms with E-state index in [1.54, 1.807) is 0 Å². The zero-order valence-electron chi connectivity index (χ0n) is 8.99. The van der Waals surface area contributed by atoms with Crippen LogP contribution < -0.4 is 10.6 Å². The maximum absolute atomic E-state index is 11.2. The van der Waals surface area contributed by atoms with Crippen LogP contribution in [-0.4, -0.2) is 47.3 Å². The van der Waals surface area contributed by atoms with Crippen LogP contribution in [0.2, 0.25) is 0 Å². The zero-order chi connectivity index (χ0) is 11.8. The predicted octanol–water partition coefficient (Wildman–Crippen LogP) is -1.06. The maximum Gasteiger partial charge on any atom is 0.328 e. The molecule has 2 atom stereocenters. The molecule has 0 rings (SSSR count). The fourth-order valence-corrected chi connectivity index (χ4v) is 0.842. The average molecular weight is 218 g/mol. The molecule has 0 aromatic carbocycles. The number of aliphatic carboxylic acids is 1. The highest BCUT2D eigenvalue weighted by Gasteiger charge is 2.18. The summed E-state index contributed by atoms with van der Waals surface area (Å²) in [5, 5.41) is 22.3. The molecule has 0 saturated heterocycles. The fraction of sp³-hybridized carbons (Fsp3) is 0.778. The molecule has 6 heteroatoms. The standard InChI is InChI=1S/C9H18N2O4/c1-3-6(2)10-4-8(13)11-7(5-12)9(14)15/h6-7,10,12H,3-5H2,1-2H3,(H,11,13)(H,14,15).